The summed E-state index contributed by atoms with van der Waals surface area (Å²) >= 11 is 0.977. The third kappa shape index (κ3) is 3.52. The van der Waals surface area contributed by atoms with Crippen LogP contribution in [0.5, 0.6) is 0 Å². The number of hydrogen-bond acceptors (Lipinski definition) is 4. The third-order valence-corrected chi connectivity index (χ3v) is 5.00. The van der Waals surface area contributed by atoms with Crippen molar-refractivity contribution in [3.63, 3.8) is 0 Å². The van der Waals surface area contributed by atoms with E-state index >= 15 is 0 Å². The molecule has 0 spiro atoms. The Morgan fingerprint density at radius 1 is 0.857 bits per heavy atom. The molecule has 0 fully saturated rings. The molecule has 1 N–H and O–H groups in total. The molecule has 1 heterocycles. The fourth-order valence-corrected chi connectivity index (χ4v) is 3.61. The third-order valence-electron chi connectivity index (χ3n) is 4.08. The van der Waals surface area contributed by atoms with E-state index in [2.05, 4.69) is 10.3 Å². The Kier molecular flexibility index (Phi) is 4.67. The molecular formula is C21H12F2N2O2S. The second kappa shape index (κ2) is 7.28. The highest BCUT2D eigenvalue weighted by Gasteiger charge is 2.14. The van der Waals surface area contributed by atoms with Crippen molar-refractivity contribution in [3.05, 3.63) is 95.1 Å². The Labute approximate surface area is 162 Å². The summed E-state index contributed by atoms with van der Waals surface area (Å²) in [6, 6.07) is 16.9. The van der Waals surface area contributed by atoms with Gasteiger partial charge in [-0.25, -0.2) is 13.8 Å². The van der Waals surface area contributed by atoms with Crippen LogP contribution in [0.3, 0.4) is 0 Å². The van der Waals surface area contributed by atoms with Gasteiger partial charge in [0.25, 0.3) is 5.91 Å². The van der Waals surface area contributed by atoms with E-state index in [1.807, 2.05) is 6.07 Å². The topological polar surface area (TPSA) is 59.1 Å². The summed E-state index contributed by atoms with van der Waals surface area (Å²) in [7, 11) is 0. The molecule has 0 atom stereocenters. The van der Waals surface area contributed by atoms with Crippen LogP contribution in [0.25, 0.3) is 10.2 Å². The molecule has 0 saturated carbocycles. The van der Waals surface area contributed by atoms with Gasteiger partial charge in [0, 0.05) is 22.8 Å². The molecule has 0 saturated heterocycles. The average Bonchev–Trinajstić information content (AvgIpc) is 3.11. The first-order chi connectivity index (χ1) is 13.5. The van der Waals surface area contributed by atoms with Crippen molar-refractivity contribution in [1.82, 2.24) is 4.98 Å². The number of halogens is 2. The zero-order valence-electron chi connectivity index (χ0n) is 14.3. The number of hydrogen-bond donors (Lipinski definition) is 1. The van der Waals surface area contributed by atoms with Crippen LogP contribution >= 0.6 is 11.3 Å². The first-order valence-corrected chi connectivity index (χ1v) is 9.09. The van der Waals surface area contributed by atoms with Crippen molar-refractivity contribution < 1.29 is 18.4 Å². The minimum atomic E-state index is -0.782. The number of amides is 1. The van der Waals surface area contributed by atoms with E-state index in [0.29, 0.717) is 21.4 Å². The summed E-state index contributed by atoms with van der Waals surface area (Å²) < 4.78 is 27.3. The summed E-state index contributed by atoms with van der Waals surface area (Å²) in [5, 5.41) is 2.73. The lowest BCUT2D eigenvalue weighted by Gasteiger charge is -2.04. The van der Waals surface area contributed by atoms with E-state index < -0.39 is 17.5 Å². The standard InChI is InChI=1S/C21H12F2N2O2S/c22-15-10-16(23)18-17(11-15)28-21(24-18)25-20(27)14-8-6-13(7-9-14)19(26)12-4-2-1-3-5-12/h1-11H,(H,24,25,27). The number of benzene rings is 3. The Morgan fingerprint density at radius 3 is 2.21 bits per heavy atom. The minimum Gasteiger partial charge on any atom is -0.298 e. The van der Waals surface area contributed by atoms with Gasteiger partial charge in [0.1, 0.15) is 11.3 Å². The van der Waals surface area contributed by atoms with Crippen LogP contribution in [0.15, 0.2) is 66.7 Å². The van der Waals surface area contributed by atoms with Crippen LogP contribution in [0, 0.1) is 11.6 Å². The highest BCUT2D eigenvalue weighted by Crippen LogP contribution is 2.29. The van der Waals surface area contributed by atoms with Crippen molar-refractivity contribution in [2.24, 2.45) is 0 Å². The molecule has 1 aromatic heterocycles. The maximum atomic E-state index is 13.7. The van der Waals surface area contributed by atoms with Gasteiger partial charge in [0.2, 0.25) is 0 Å². The van der Waals surface area contributed by atoms with Gasteiger partial charge in [-0.3, -0.25) is 14.9 Å². The van der Waals surface area contributed by atoms with Gasteiger partial charge < -0.3 is 0 Å². The van der Waals surface area contributed by atoms with Crippen LogP contribution in [-0.4, -0.2) is 16.7 Å². The molecule has 4 rings (SSSR count). The number of fused-ring (bicyclic) bond motifs is 1. The van der Waals surface area contributed by atoms with Gasteiger partial charge in [-0.2, -0.15) is 0 Å². The maximum absolute atomic E-state index is 13.7. The maximum Gasteiger partial charge on any atom is 0.257 e. The number of nitrogens with one attached hydrogen (secondary N) is 1. The second-order valence-electron chi connectivity index (χ2n) is 5.98. The molecular weight excluding hydrogens is 382 g/mol. The van der Waals surface area contributed by atoms with E-state index in [1.165, 1.54) is 12.1 Å². The van der Waals surface area contributed by atoms with Crippen molar-refractivity contribution in [3.8, 4) is 0 Å². The number of carbonyl (C=O) groups is 2. The average molecular weight is 394 g/mol. The van der Waals surface area contributed by atoms with E-state index in [4.69, 9.17) is 0 Å². The SMILES string of the molecule is O=C(Nc1nc2c(F)cc(F)cc2s1)c1ccc(C(=O)c2ccccc2)cc1. The first kappa shape index (κ1) is 17.9. The van der Waals surface area contributed by atoms with Crippen LogP contribution in [0.4, 0.5) is 13.9 Å². The van der Waals surface area contributed by atoms with Gasteiger partial charge in [0.15, 0.2) is 16.7 Å². The highest BCUT2D eigenvalue weighted by atomic mass is 32.1. The molecule has 0 aliphatic heterocycles. The monoisotopic (exact) mass is 394 g/mol. The molecule has 3 aromatic carbocycles. The molecule has 0 bridgehead atoms. The molecule has 0 aliphatic carbocycles. The van der Waals surface area contributed by atoms with Gasteiger partial charge in [-0.1, -0.05) is 53.8 Å². The molecule has 138 valence electrons. The lowest BCUT2D eigenvalue weighted by molar-refractivity contribution is 0.102. The normalized spacial score (nSPS) is 10.8. The number of anilines is 1. The quantitative estimate of drug-likeness (QED) is 0.492. The van der Waals surface area contributed by atoms with E-state index in [9.17, 15) is 18.4 Å². The van der Waals surface area contributed by atoms with Crippen LogP contribution in [0.2, 0.25) is 0 Å². The van der Waals surface area contributed by atoms with Crippen molar-refractivity contribution in [2.45, 2.75) is 0 Å². The van der Waals surface area contributed by atoms with Crippen molar-refractivity contribution in [1.29, 1.82) is 0 Å². The molecule has 1 amide bonds. The van der Waals surface area contributed by atoms with Crippen molar-refractivity contribution in [2.75, 3.05) is 5.32 Å². The fraction of sp³-hybridized carbons (Fsp3) is 0. The molecule has 7 heteroatoms. The zero-order valence-corrected chi connectivity index (χ0v) is 15.1. The lowest BCUT2D eigenvalue weighted by atomic mass is 10.0. The van der Waals surface area contributed by atoms with Crippen molar-refractivity contribution >= 4 is 38.4 Å². The Morgan fingerprint density at radius 2 is 1.50 bits per heavy atom. The number of carbonyl (C=O) groups excluding carboxylic acids is 2. The van der Waals surface area contributed by atoms with Crippen LogP contribution < -0.4 is 5.32 Å². The predicted molar refractivity (Wildman–Crippen MR) is 104 cm³/mol. The number of thiazole rings is 1. The number of rotatable bonds is 4. The Balaban J connectivity index is 1.52. The highest BCUT2D eigenvalue weighted by molar-refractivity contribution is 7.22. The molecule has 28 heavy (non-hydrogen) atoms. The number of ketones is 1. The lowest BCUT2D eigenvalue weighted by Crippen LogP contribution is -2.12. The largest absolute Gasteiger partial charge is 0.298 e. The van der Waals surface area contributed by atoms with E-state index in [0.717, 1.165) is 23.5 Å². The molecule has 4 nitrogen and oxygen atoms in total. The van der Waals surface area contributed by atoms with Crippen LogP contribution in [-0.2, 0) is 0 Å². The van der Waals surface area contributed by atoms with E-state index in [1.54, 1.807) is 36.4 Å². The summed E-state index contributed by atoms with van der Waals surface area (Å²) in [6.45, 7) is 0. The summed E-state index contributed by atoms with van der Waals surface area (Å²) in [5.41, 5.74) is 1.34. The second-order valence-corrected chi connectivity index (χ2v) is 7.01. The predicted octanol–water partition coefficient (Wildman–Crippen LogP) is 5.06. The molecule has 0 aliphatic rings. The minimum absolute atomic E-state index is 0.00510. The van der Waals surface area contributed by atoms with Crippen LogP contribution in [0.1, 0.15) is 26.3 Å². The van der Waals surface area contributed by atoms with Gasteiger partial charge in [0.05, 0.1) is 4.70 Å². The number of nitrogens with zero attached hydrogens (tertiary/aromatic N) is 1. The fourth-order valence-electron chi connectivity index (χ4n) is 2.71. The molecule has 0 radical (unpaired) electrons. The Bertz CT molecular complexity index is 1190. The molecule has 0 unspecified atom stereocenters. The van der Waals surface area contributed by atoms with E-state index in [-0.39, 0.29) is 16.4 Å². The van der Waals surface area contributed by atoms with Gasteiger partial charge in [-0.15, -0.1) is 0 Å². The number of aromatic nitrogens is 1. The van der Waals surface area contributed by atoms with Gasteiger partial charge >= 0.3 is 0 Å². The first-order valence-electron chi connectivity index (χ1n) is 8.28. The summed E-state index contributed by atoms with van der Waals surface area (Å²) in [6.07, 6.45) is 0. The zero-order chi connectivity index (χ0) is 19.7. The molecule has 4 aromatic rings. The summed E-state index contributed by atoms with van der Waals surface area (Å²) in [5.74, 6) is -2.09. The Hall–Kier alpha value is -3.45. The summed E-state index contributed by atoms with van der Waals surface area (Å²) in [4.78, 5) is 28.8. The van der Waals surface area contributed by atoms with Gasteiger partial charge in [-0.05, 0) is 18.2 Å². The smallest absolute Gasteiger partial charge is 0.257 e.